The topological polar surface area (TPSA) is 81.4 Å². The number of hydrogen-bond donors (Lipinski definition) is 1. The molecule has 1 aliphatic carbocycles. The lowest BCUT2D eigenvalue weighted by Gasteiger charge is -2.25. The zero-order valence-corrected chi connectivity index (χ0v) is 12.5. The Balaban J connectivity index is 1.94. The van der Waals surface area contributed by atoms with Gasteiger partial charge >= 0.3 is 11.9 Å². The van der Waals surface area contributed by atoms with Crippen LogP contribution in [0.25, 0.3) is 0 Å². The molecule has 21 heavy (non-hydrogen) atoms. The summed E-state index contributed by atoms with van der Waals surface area (Å²) in [6.45, 7) is 1.93. The van der Waals surface area contributed by atoms with Gasteiger partial charge in [-0.1, -0.05) is 0 Å². The largest absolute Gasteiger partial charge is 0.481 e. The Morgan fingerprint density at radius 3 is 2.67 bits per heavy atom. The average molecular weight is 294 g/mol. The van der Waals surface area contributed by atoms with Crippen molar-refractivity contribution in [3.8, 4) is 0 Å². The molecule has 1 fully saturated rings. The second-order valence-corrected chi connectivity index (χ2v) is 5.77. The molecular formula is C15H22N2O4. The first-order valence-electron chi connectivity index (χ1n) is 7.35. The van der Waals surface area contributed by atoms with Crippen molar-refractivity contribution in [2.24, 2.45) is 5.92 Å². The molecule has 0 aromatic carbocycles. The number of carboxylic acids is 1. The fourth-order valence-corrected chi connectivity index (χ4v) is 2.90. The number of nitrogens with zero attached hydrogens (tertiary/aromatic N) is 2. The Hall–Kier alpha value is -1.85. The summed E-state index contributed by atoms with van der Waals surface area (Å²) in [5.41, 5.74) is 1.13. The number of esters is 1. The van der Waals surface area contributed by atoms with E-state index in [2.05, 4.69) is 9.84 Å². The van der Waals surface area contributed by atoms with E-state index in [1.54, 1.807) is 4.68 Å². The van der Waals surface area contributed by atoms with Crippen LogP contribution in [0.15, 0.2) is 12.4 Å². The standard InChI is InChI=1S/C15H22N2O4/c1-10(7-14(18)21-2)17-9-13(8-16-17)11-3-5-12(6-4-11)15(19)20/h8-12H,3-7H2,1-2H3,(H,19,20). The first kappa shape index (κ1) is 15.5. The third kappa shape index (κ3) is 3.83. The molecule has 1 aromatic rings. The van der Waals surface area contributed by atoms with Gasteiger partial charge in [0.25, 0.3) is 0 Å². The molecule has 0 aliphatic heterocycles. The lowest BCUT2D eigenvalue weighted by atomic mass is 9.79. The maximum atomic E-state index is 11.3. The van der Waals surface area contributed by atoms with Crippen molar-refractivity contribution in [1.82, 2.24) is 9.78 Å². The van der Waals surface area contributed by atoms with Gasteiger partial charge in [0.1, 0.15) is 0 Å². The predicted molar refractivity (Wildman–Crippen MR) is 75.9 cm³/mol. The van der Waals surface area contributed by atoms with Gasteiger partial charge in [-0.15, -0.1) is 0 Å². The lowest BCUT2D eigenvalue weighted by molar-refractivity contribution is -0.143. The van der Waals surface area contributed by atoms with E-state index >= 15 is 0 Å². The summed E-state index contributed by atoms with van der Waals surface area (Å²) in [6.07, 6.45) is 7.32. The van der Waals surface area contributed by atoms with E-state index in [0.717, 1.165) is 31.2 Å². The van der Waals surface area contributed by atoms with E-state index in [1.807, 2.05) is 19.3 Å². The first-order chi connectivity index (χ1) is 10.0. The summed E-state index contributed by atoms with van der Waals surface area (Å²) in [4.78, 5) is 22.2. The van der Waals surface area contributed by atoms with Crippen molar-refractivity contribution in [3.05, 3.63) is 18.0 Å². The maximum Gasteiger partial charge on any atom is 0.307 e. The average Bonchev–Trinajstić information content (AvgIpc) is 2.97. The van der Waals surface area contributed by atoms with Gasteiger partial charge in [0.2, 0.25) is 0 Å². The third-order valence-electron chi connectivity index (χ3n) is 4.31. The van der Waals surface area contributed by atoms with Gasteiger partial charge in [0.05, 0.1) is 31.7 Å². The second kappa shape index (κ2) is 6.74. The summed E-state index contributed by atoms with van der Waals surface area (Å²) >= 11 is 0. The molecular weight excluding hydrogens is 272 g/mol. The molecule has 116 valence electrons. The Kier molecular flexibility index (Phi) is 4.98. The molecule has 1 atom stereocenters. The summed E-state index contributed by atoms with van der Waals surface area (Å²) in [6, 6.07) is -0.0402. The predicted octanol–water partition coefficient (Wildman–Crippen LogP) is 2.37. The molecule has 2 rings (SSSR count). The van der Waals surface area contributed by atoms with E-state index in [4.69, 9.17) is 5.11 Å². The SMILES string of the molecule is COC(=O)CC(C)n1cc(C2CCC(C(=O)O)CC2)cn1. The van der Waals surface area contributed by atoms with Gasteiger partial charge < -0.3 is 9.84 Å². The van der Waals surface area contributed by atoms with E-state index in [-0.39, 0.29) is 17.9 Å². The fourth-order valence-electron chi connectivity index (χ4n) is 2.90. The van der Waals surface area contributed by atoms with Crippen LogP contribution < -0.4 is 0 Å². The maximum absolute atomic E-state index is 11.3. The highest BCUT2D eigenvalue weighted by molar-refractivity contribution is 5.70. The second-order valence-electron chi connectivity index (χ2n) is 5.77. The van der Waals surface area contributed by atoms with Crippen molar-refractivity contribution in [2.45, 2.75) is 51.0 Å². The molecule has 0 amide bonds. The van der Waals surface area contributed by atoms with E-state index in [0.29, 0.717) is 12.3 Å². The highest BCUT2D eigenvalue weighted by Gasteiger charge is 2.27. The molecule has 0 spiro atoms. The smallest absolute Gasteiger partial charge is 0.307 e. The van der Waals surface area contributed by atoms with Crippen LogP contribution in [0.3, 0.4) is 0 Å². The van der Waals surface area contributed by atoms with Gasteiger partial charge in [-0.25, -0.2) is 0 Å². The van der Waals surface area contributed by atoms with Crippen LogP contribution >= 0.6 is 0 Å². The number of hydrogen-bond acceptors (Lipinski definition) is 4. The summed E-state index contributed by atoms with van der Waals surface area (Å²) < 4.78 is 6.45. The molecule has 1 aromatic heterocycles. The van der Waals surface area contributed by atoms with E-state index in [9.17, 15) is 9.59 Å². The number of ether oxygens (including phenoxy) is 1. The number of carbonyl (C=O) groups is 2. The normalized spacial score (nSPS) is 23.5. The molecule has 1 N–H and O–H groups in total. The molecule has 0 radical (unpaired) electrons. The van der Waals surface area contributed by atoms with Gasteiger partial charge in [-0.2, -0.15) is 5.10 Å². The molecule has 1 heterocycles. The van der Waals surface area contributed by atoms with Crippen molar-refractivity contribution >= 4 is 11.9 Å². The van der Waals surface area contributed by atoms with Crippen LogP contribution in [0, 0.1) is 5.92 Å². The lowest BCUT2D eigenvalue weighted by Crippen LogP contribution is -2.20. The number of aliphatic carboxylic acids is 1. The van der Waals surface area contributed by atoms with Gasteiger partial charge in [-0.3, -0.25) is 14.3 Å². The Morgan fingerprint density at radius 2 is 2.10 bits per heavy atom. The van der Waals surface area contributed by atoms with Crippen molar-refractivity contribution in [1.29, 1.82) is 0 Å². The minimum atomic E-state index is -0.684. The first-order valence-corrected chi connectivity index (χ1v) is 7.35. The number of carbonyl (C=O) groups excluding carboxylic acids is 1. The van der Waals surface area contributed by atoms with Crippen LogP contribution in [0.1, 0.15) is 56.6 Å². The zero-order chi connectivity index (χ0) is 15.4. The molecule has 6 nitrogen and oxygen atoms in total. The number of carboxylic acid groups (broad SMARTS) is 1. The monoisotopic (exact) mass is 294 g/mol. The van der Waals surface area contributed by atoms with Crippen LogP contribution in [-0.4, -0.2) is 33.9 Å². The van der Waals surface area contributed by atoms with Crippen LogP contribution in [0.4, 0.5) is 0 Å². The quantitative estimate of drug-likeness (QED) is 0.843. The van der Waals surface area contributed by atoms with Crippen molar-refractivity contribution in [3.63, 3.8) is 0 Å². The van der Waals surface area contributed by atoms with Gasteiger partial charge in [0.15, 0.2) is 0 Å². The molecule has 0 bridgehead atoms. The number of aromatic nitrogens is 2. The fraction of sp³-hybridized carbons (Fsp3) is 0.667. The van der Waals surface area contributed by atoms with Crippen LogP contribution in [-0.2, 0) is 14.3 Å². The molecule has 1 aliphatic rings. The third-order valence-corrected chi connectivity index (χ3v) is 4.31. The highest BCUT2D eigenvalue weighted by Crippen LogP contribution is 2.35. The zero-order valence-electron chi connectivity index (χ0n) is 12.5. The molecule has 0 saturated heterocycles. The number of methoxy groups -OCH3 is 1. The summed E-state index contributed by atoms with van der Waals surface area (Å²) in [5, 5.41) is 13.3. The van der Waals surface area contributed by atoms with Crippen molar-refractivity contribution < 1.29 is 19.4 Å². The Bertz CT molecular complexity index is 504. The Labute approximate surface area is 124 Å². The van der Waals surface area contributed by atoms with E-state index < -0.39 is 5.97 Å². The summed E-state index contributed by atoms with van der Waals surface area (Å²) in [5.74, 6) is -0.758. The minimum absolute atomic E-state index is 0.0402. The molecule has 6 heteroatoms. The minimum Gasteiger partial charge on any atom is -0.481 e. The molecule has 1 unspecified atom stereocenters. The molecule has 1 saturated carbocycles. The van der Waals surface area contributed by atoms with Crippen LogP contribution in [0.2, 0.25) is 0 Å². The van der Waals surface area contributed by atoms with Gasteiger partial charge in [0, 0.05) is 6.20 Å². The van der Waals surface area contributed by atoms with E-state index in [1.165, 1.54) is 7.11 Å². The highest BCUT2D eigenvalue weighted by atomic mass is 16.5. The number of rotatable bonds is 5. The van der Waals surface area contributed by atoms with Crippen LogP contribution in [0.5, 0.6) is 0 Å². The van der Waals surface area contributed by atoms with Crippen molar-refractivity contribution in [2.75, 3.05) is 7.11 Å². The van der Waals surface area contributed by atoms with Gasteiger partial charge in [-0.05, 0) is 44.1 Å². The summed E-state index contributed by atoms with van der Waals surface area (Å²) in [7, 11) is 1.38. The Morgan fingerprint density at radius 1 is 1.43 bits per heavy atom.